The minimum absolute atomic E-state index is 0.222. The van der Waals surface area contributed by atoms with E-state index in [4.69, 9.17) is 14.0 Å². The molecule has 4 aromatic rings. The van der Waals surface area contributed by atoms with Crippen LogP contribution in [-0.2, 0) is 14.8 Å². The number of aryl methyl sites for hydroxylation is 1. The van der Waals surface area contributed by atoms with Crippen molar-refractivity contribution in [3.05, 3.63) is 66.6 Å². The Kier molecular flexibility index (Phi) is 7.74. The number of hydrogen-bond donors (Lipinski definition) is 0. The second kappa shape index (κ2) is 11.2. The summed E-state index contributed by atoms with van der Waals surface area (Å²) in [4.78, 5) is 20.5. The van der Waals surface area contributed by atoms with E-state index in [0.717, 1.165) is 16.3 Å². The maximum Gasteiger partial charge on any atom is 0.414 e. The van der Waals surface area contributed by atoms with Crippen molar-refractivity contribution in [3.8, 4) is 17.1 Å². The second-order valence-electron chi connectivity index (χ2n) is 9.76. The summed E-state index contributed by atoms with van der Waals surface area (Å²) in [6.07, 6.45) is -0.774. The molecular weight excluding hydrogens is 534 g/mol. The largest absolute Gasteiger partial charge is 0.497 e. The number of fused-ring (bicyclic) bond motifs is 1. The normalized spacial score (nSPS) is 15.8. The molecule has 1 saturated heterocycles. The molecule has 0 aliphatic carbocycles. The molecule has 1 atom stereocenters. The van der Waals surface area contributed by atoms with Crippen LogP contribution in [0.3, 0.4) is 0 Å². The van der Waals surface area contributed by atoms with E-state index in [-0.39, 0.29) is 17.5 Å². The number of aromatic nitrogens is 2. The smallest absolute Gasteiger partial charge is 0.414 e. The average molecular weight is 566 g/mol. The Hall–Kier alpha value is -4.00. The molecule has 2 heterocycles. The molecule has 0 radical (unpaired) electrons. The van der Waals surface area contributed by atoms with Gasteiger partial charge < -0.3 is 18.9 Å². The summed E-state index contributed by atoms with van der Waals surface area (Å²) in [5, 5.41) is 5.63. The first-order valence-corrected chi connectivity index (χ1v) is 14.2. The first-order valence-electron chi connectivity index (χ1n) is 12.8. The first kappa shape index (κ1) is 27.6. The summed E-state index contributed by atoms with van der Waals surface area (Å²) in [6.45, 7) is 3.31. The minimum Gasteiger partial charge on any atom is -0.497 e. The Balaban J connectivity index is 1.16. The van der Waals surface area contributed by atoms with Crippen molar-refractivity contribution >= 4 is 32.6 Å². The minimum atomic E-state index is -3.69. The molecule has 0 bridgehead atoms. The number of cyclic esters (lactones) is 1. The molecule has 210 valence electrons. The lowest BCUT2D eigenvalue weighted by Crippen LogP contribution is -2.38. The maximum atomic E-state index is 13.2. The van der Waals surface area contributed by atoms with E-state index in [1.54, 1.807) is 44.2 Å². The van der Waals surface area contributed by atoms with Gasteiger partial charge in [0.25, 0.3) is 0 Å². The predicted octanol–water partition coefficient (Wildman–Crippen LogP) is 3.78. The zero-order chi connectivity index (χ0) is 28.4. The van der Waals surface area contributed by atoms with Gasteiger partial charge in [0.05, 0.1) is 18.6 Å². The van der Waals surface area contributed by atoms with Crippen molar-refractivity contribution < 1.29 is 27.2 Å². The van der Waals surface area contributed by atoms with E-state index in [1.165, 1.54) is 4.31 Å². The van der Waals surface area contributed by atoms with Gasteiger partial charge in [0.1, 0.15) is 11.9 Å². The Morgan fingerprint density at radius 3 is 2.48 bits per heavy atom. The number of benzene rings is 3. The zero-order valence-electron chi connectivity index (χ0n) is 22.8. The highest BCUT2D eigenvalue weighted by Gasteiger charge is 2.33. The van der Waals surface area contributed by atoms with Gasteiger partial charge in [0, 0.05) is 44.9 Å². The lowest BCUT2D eigenvalue weighted by atomic mass is 10.1. The lowest BCUT2D eigenvalue weighted by molar-refractivity contribution is 0.116. The van der Waals surface area contributed by atoms with Crippen molar-refractivity contribution in [2.75, 3.05) is 52.3 Å². The van der Waals surface area contributed by atoms with E-state index >= 15 is 0 Å². The van der Waals surface area contributed by atoms with Crippen molar-refractivity contribution in [2.24, 2.45) is 0 Å². The molecular formula is C28H31N5O6S. The van der Waals surface area contributed by atoms with Crippen LogP contribution in [0, 0.1) is 6.92 Å². The molecule has 40 heavy (non-hydrogen) atoms. The third-order valence-electron chi connectivity index (χ3n) is 6.88. The van der Waals surface area contributed by atoms with Gasteiger partial charge in [-0.15, -0.1) is 0 Å². The number of methoxy groups -OCH3 is 1. The van der Waals surface area contributed by atoms with Gasteiger partial charge in [-0.25, -0.2) is 13.2 Å². The van der Waals surface area contributed by atoms with Crippen LogP contribution in [0.4, 0.5) is 10.5 Å². The first-order chi connectivity index (χ1) is 19.1. The molecule has 0 saturated carbocycles. The zero-order valence-corrected chi connectivity index (χ0v) is 23.6. The lowest BCUT2D eigenvalue weighted by Gasteiger charge is -2.23. The summed E-state index contributed by atoms with van der Waals surface area (Å²) >= 11 is 0. The third-order valence-corrected chi connectivity index (χ3v) is 8.73. The molecule has 12 heteroatoms. The van der Waals surface area contributed by atoms with E-state index in [0.29, 0.717) is 42.8 Å². The summed E-state index contributed by atoms with van der Waals surface area (Å²) in [5.74, 6) is 1.63. The molecule has 1 aliphatic rings. The number of amides is 1. The Morgan fingerprint density at radius 2 is 1.77 bits per heavy atom. The maximum absolute atomic E-state index is 13.2. The van der Waals surface area contributed by atoms with Crippen molar-refractivity contribution in [1.82, 2.24) is 19.3 Å². The standard InChI is InChI=1S/C28H31N5O6S/c1-19-29-27(30-39-19)21-5-9-23(10-6-21)33-18-25(38-28(33)34)17-31(2)13-14-32(3)40(35,36)26-12-8-20-7-11-24(37-4)15-22(20)16-26/h5-12,15-16,25H,13-14,17-18H2,1-4H3. The van der Waals surface area contributed by atoms with E-state index in [2.05, 4.69) is 10.1 Å². The van der Waals surface area contributed by atoms with Crippen LogP contribution in [0.1, 0.15) is 5.89 Å². The Bertz CT molecular complexity index is 1620. The van der Waals surface area contributed by atoms with E-state index in [9.17, 15) is 13.2 Å². The average Bonchev–Trinajstić information content (AvgIpc) is 3.55. The van der Waals surface area contributed by atoms with Gasteiger partial charge in [-0.1, -0.05) is 17.3 Å². The quantitative estimate of drug-likeness (QED) is 0.283. The number of rotatable bonds is 10. The number of ether oxygens (including phenoxy) is 2. The molecule has 1 amide bonds. The van der Waals surface area contributed by atoms with Gasteiger partial charge in [-0.2, -0.15) is 9.29 Å². The topological polar surface area (TPSA) is 118 Å². The Labute approximate surface area is 232 Å². The fourth-order valence-corrected chi connectivity index (χ4v) is 5.77. The van der Waals surface area contributed by atoms with Gasteiger partial charge in [0.15, 0.2) is 0 Å². The van der Waals surface area contributed by atoms with Crippen LogP contribution in [0.2, 0.25) is 0 Å². The summed E-state index contributed by atoms with van der Waals surface area (Å²) in [7, 11) is 1.33. The monoisotopic (exact) mass is 565 g/mol. The van der Waals surface area contributed by atoms with Crippen LogP contribution in [0.25, 0.3) is 22.2 Å². The number of nitrogens with zero attached hydrogens (tertiary/aromatic N) is 5. The molecule has 11 nitrogen and oxygen atoms in total. The predicted molar refractivity (Wildman–Crippen MR) is 150 cm³/mol. The summed E-state index contributed by atoms with van der Waals surface area (Å²) in [6, 6.07) is 17.9. The molecule has 3 aromatic carbocycles. The Morgan fingerprint density at radius 1 is 1.02 bits per heavy atom. The highest BCUT2D eigenvalue weighted by atomic mass is 32.2. The number of sulfonamides is 1. The molecule has 1 aromatic heterocycles. The number of likely N-dealkylation sites (N-methyl/N-ethyl adjacent to an activating group) is 2. The number of carbonyl (C=O) groups is 1. The van der Waals surface area contributed by atoms with E-state index < -0.39 is 16.1 Å². The number of hydrogen-bond acceptors (Lipinski definition) is 9. The summed E-state index contributed by atoms with van der Waals surface area (Å²) < 4.78 is 43.7. The molecule has 0 spiro atoms. The number of carbonyl (C=O) groups excluding carboxylic acids is 1. The fraction of sp³-hybridized carbons (Fsp3) is 0.321. The molecule has 5 rings (SSSR count). The highest BCUT2D eigenvalue weighted by Crippen LogP contribution is 2.27. The van der Waals surface area contributed by atoms with E-state index in [1.807, 2.05) is 54.4 Å². The SMILES string of the molecule is COc1ccc2ccc(S(=O)(=O)N(C)CCN(C)CC3CN(c4ccc(-c5noc(C)n5)cc4)C(=O)O3)cc2c1. The van der Waals surface area contributed by atoms with Gasteiger partial charge in [-0.05, 0) is 66.4 Å². The van der Waals surface area contributed by atoms with Crippen LogP contribution in [0.15, 0.2) is 70.1 Å². The third kappa shape index (κ3) is 5.79. The van der Waals surface area contributed by atoms with Gasteiger partial charge in [-0.3, -0.25) is 4.90 Å². The number of anilines is 1. The molecule has 1 unspecified atom stereocenters. The van der Waals surface area contributed by atoms with Crippen molar-refractivity contribution in [2.45, 2.75) is 17.9 Å². The molecule has 0 N–H and O–H groups in total. The van der Waals surface area contributed by atoms with Crippen LogP contribution >= 0.6 is 0 Å². The van der Waals surface area contributed by atoms with Crippen LogP contribution in [-0.4, -0.2) is 87.3 Å². The molecule has 1 aliphatic heterocycles. The van der Waals surface area contributed by atoms with Gasteiger partial charge in [0.2, 0.25) is 21.7 Å². The fourth-order valence-electron chi connectivity index (χ4n) is 4.58. The van der Waals surface area contributed by atoms with Gasteiger partial charge >= 0.3 is 6.09 Å². The highest BCUT2D eigenvalue weighted by molar-refractivity contribution is 7.89. The summed E-state index contributed by atoms with van der Waals surface area (Å²) in [5.41, 5.74) is 1.49. The van der Waals surface area contributed by atoms with Crippen LogP contribution in [0.5, 0.6) is 5.75 Å². The second-order valence-corrected chi connectivity index (χ2v) is 11.8. The van der Waals surface area contributed by atoms with Crippen LogP contribution < -0.4 is 9.64 Å². The van der Waals surface area contributed by atoms with Crippen molar-refractivity contribution in [1.29, 1.82) is 0 Å². The molecule has 1 fully saturated rings. The van der Waals surface area contributed by atoms with Crippen molar-refractivity contribution in [3.63, 3.8) is 0 Å².